The van der Waals surface area contributed by atoms with Crippen molar-refractivity contribution in [1.29, 1.82) is 0 Å². The highest BCUT2D eigenvalue weighted by Crippen LogP contribution is 2.26. The highest BCUT2D eigenvalue weighted by atomic mass is 35.5. The monoisotopic (exact) mass is 339 g/mol. The molecule has 0 saturated carbocycles. The van der Waals surface area contributed by atoms with Crippen molar-refractivity contribution in [2.45, 2.75) is 13.3 Å². The summed E-state index contributed by atoms with van der Waals surface area (Å²) in [6, 6.07) is 17.4. The number of amides is 1. The van der Waals surface area contributed by atoms with Gasteiger partial charge in [-0.25, -0.2) is 0 Å². The standard InChI is InChI=1S/C19H18ClN3O/c1-13-5-4-6-14(11-13)9-10-21-19(24)18-12-17(22-23-18)15-7-2-3-8-16(15)20/h2-8,11-12H,9-10H2,1H3,(H,21,24)(H,22,23). The number of nitrogens with zero attached hydrogens (tertiary/aromatic N) is 1. The molecule has 5 heteroatoms. The Morgan fingerprint density at radius 2 is 2.00 bits per heavy atom. The lowest BCUT2D eigenvalue weighted by Gasteiger charge is -2.04. The lowest BCUT2D eigenvalue weighted by Crippen LogP contribution is -2.26. The molecule has 0 spiro atoms. The van der Waals surface area contributed by atoms with Crippen LogP contribution in [0.5, 0.6) is 0 Å². The molecule has 1 aromatic heterocycles. The Morgan fingerprint density at radius 3 is 2.79 bits per heavy atom. The number of hydrogen-bond acceptors (Lipinski definition) is 2. The molecule has 3 aromatic rings. The van der Waals surface area contributed by atoms with Crippen molar-refractivity contribution in [3.8, 4) is 11.3 Å². The molecule has 0 aliphatic carbocycles. The van der Waals surface area contributed by atoms with E-state index in [1.54, 1.807) is 12.1 Å². The molecule has 0 aliphatic rings. The third kappa shape index (κ3) is 3.84. The predicted molar refractivity (Wildman–Crippen MR) is 96.2 cm³/mol. The zero-order valence-electron chi connectivity index (χ0n) is 13.3. The van der Waals surface area contributed by atoms with Crippen molar-refractivity contribution in [3.63, 3.8) is 0 Å². The van der Waals surface area contributed by atoms with Crippen molar-refractivity contribution in [3.05, 3.63) is 76.4 Å². The second-order valence-corrected chi connectivity index (χ2v) is 6.05. The average Bonchev–Trinajstić information content (AvgIpc) is 3.05. The van der Waals surface area contributed by atoms with Crippen LogP contribution in [-0.4, -0.2) is 22.6 Å². The minimum Gasteiger partial charge on any atom is -0.350 e. The van der Waals surface area contributed by atoms with Gasteiger partial charge in [0.05, 0.1) is 10.7 Å². The van der Waals surface area contributed by atoms with Crippen LogP contribution in [0.4, 0.5) is 0 Å². The van der Waals surface area contributed by atoms with E-state index in [0.717, 1.165) is 12.0 Å². The molecular weight excluding hydrogens is 322 g/mol. The number of rotatable bonds is 5. The number of carbonyl (C=O) groups is 1. The van der Waals surface area contributed by atoms with Gasteiger partial charge in [-0.15, -0.1) is 0 Å². The van der Waals surface area contributed by atoms with E-state index in [4.69, 9.17) is 11.6 Å². The second kappa shape index (κ2) is 7.32. The molecular formula is C19H18ClN3O. The fraction of sp³-hybridized carbons (Fsp3) is 0.158. The molecule has 0 radical (unpaired) electrons. The van der Waals surface area contributed by atoms with E-state index in [0.29, 0.717) is 23.0 Å². The van der Waals surface area contributed by atoms with Crippen LogP contribution in [0.2, 0.25) is 5.02 Å². The zero-order valence-corrected chi connectivity index (χ0v) is 14.1. The van der Waals surface area contributed by atoms with Gasteiger partial charge in [0, 0.05) is 12.1 Å². The third-order valence-corrected chi connectivity index (χ3v) is 4.08. The maximum Gasteiger partial charge on any atom is 0.269 e. The van der Waals surface area contributed by atoms with Crippen LogP contribution in [0.15, 0.2) is 54.6 Å². The second-order valence-electron chi connectivity index (χ2n) is 5.64. The Kier molecular flexibility index (Phi) is 4.96. The van der Waals surface area contributed by atoms with Gasteiger partial charge in [0.25, 0.3) is 5.91 Å². The van der Waals surface area contributed by atoms with E-state index in [1.807, 2.05) is 24.3 Å². The summed E-state index contributed by atoms with van der Waals surface area (Å²) in [6.07, 6.45) is 0.791. The fourth-order valence-electron chi connectivity index (χ4n) is 2.53. The molecule has 0 atom stereocenters. The Hall–Kier alpha value is -2.59. The Labute approximate surface area is 145 Å². The van der Waals surface area contributed by atoms with Gasteiger partial charge in [0.15, 0.2) is 0 Å². The highest BCUT2D eigenvalue weighted by Gasteiger charge is 2.12. The first-order valence-corrected chi connectivity index (χ1v) is 8.15. The van der Waals surface area contributed by atoms with E-state index in [1.165, 1.54) is 11.1 Å². The summed E-state index contributed by atoms with van der Waals surface area (Å²) in [5.41, 5.74) is 4.31. The summed E-state index contributed by atoms with van der Waals surface area (Å²) >= 11 is 6.16. The van der Waals surface area contributed by atoms with E-state index in [2.05, 4.69) is 40.6 Å². The van der Waals surface area contributed by atoms with E-state index in [9.17, 15) is 4.79 Å². The van der Waals surface area contributed by atoms with Gasteiger partial charge in [-0.05, 0) is 31.0 Å². The van der Waals surface area contributed by atoms with Crippen LogP contribution >= 0.6 is 11.6 Å². The lowest BCUT2D eigenvalue weighted by atomic mass is 10.1. The number of benzene rings is 2. The maximum absolute atomic E-state index is 12.2. The first-order valence-electron chi connectivity index (χ1n) is 7.77. The van der Waals surface area contributed by atoms with E-state index in [-0.39, 0.29) is 5.91 Å². The molecule has 2 aromatic carbocycles. The Balaban J connectivity index is 1.61. The van der Waals surface area contributed by atoms with Crippen LogP contribution in [0.1, 0.15) is 21.6 Å². The summed E-state index contributed by atoms with van der Waals surface area (Å²) in [7, 11) is 0. The van der Waals surface area contributed by atoms with Crippen LogP contribution in [0.3, 0.4) is 0 Å². The van der Waals surface area contributed by atoms with Crippen LogP contribution in [0, 0.1) is 6.92 Å². The normalized spacial score (nSPS) is 10.6. The van der Waals surface area contributed by atoms with Gasteiger partial charge in [-0.3, -0.25) is 9.89 Å². The number of hydrogen-bond donors (Lipinski definition) is 2. The quantitative estimate of drug-likeness (QED) is 0.737. The fourth-order valence-corrected chi connectivity index (χ4v) is 2.76. The number of H-pyrrole nitrogens is 1. The van der Waals surface area contributed by atoms with Crippen LogP contribution < -0.4 is 5.32 Å². The topological polar surface area (TPSA) is 57.8 Å². The van der Waals surface area contributed by atoms with Gasteiger partial charge < -0.3 is 5.32 Å². The third-order valence-electron chi connectivity index (χ3n) is 3.75. The zero-order chi connectivity index (χ0) is 16.9. The molecule has 122 valence electrons. The van der Waals surface area contributed by atoms with Gasteiger partial charge in [-0.2, -0.15) is 5.10 Å². The van der Waals surface area contributed by atoms with E-state index >= 15 is 0 Å². The summed E-state index contributed by atoms with van der Waals surface area (Å²) in [5, 5.41) is 10.5. The summed E-state index contributed by atoms with van der Waals surface area (Å²) < 4.78 is 0. The summed E-state index contributed by atoms with van der Waals surface area (Å²) in [5.74, 6) is -0.173. The largest absolute Gasteiger partial charge is 0.350 e. The Bertz CT molecular complexity index is 857. The number of nitrogens with one attached hydrogen (secondary N) is 2. The van der Waals surface area contributed by atoms with Crippen molar-refractivity contribution in [2.24, 2.45) is 0 Å². The van der Waals surface area contributed by atoms with Crippen molar-refractivity contribution < 1.29 is 4.79 Å². The van der Waals surface area contributed by atoms with Crippen molar-refractivity contribution in [2.75, 3.05) is 6.54 Å². The highest BCUT2D eigenvalue weighted by molar-refractivity contribution is 6.33. The molecule has 0 aliphatic heterocycles. The molecule has 24 heavy (non-hydrogen) atoms. The molecule has 0 saturated heterocycles. The van der Waals surface area contributed by atoms with Gasteiger partial charge in [0.1, 0.15) is 5.69 Å². The molecule has 4 nitrogen and oxygen atoms in total. The molecule has 0 fully saturated rings. The van der Waals surface area contributed by atoms with E-state index < -0.39 is 0 Å². The summed E-state index contributed by atoms with van der Waals surface area (Å²) in [6.45, 7) is 2.63. The first kappa shape index (κ1) is 16.3. The molecule has 0 unspecified atom stereocenters. The minimum atomic E-state index is -0.173. The van der Waals surface area contributed by atoms with Crippen LogP contribution in [0.25, 0.3) is 11.3 Å². The lowest BCUT2D eigenvalue weighted by molar-refractivity contribution is 0.0949. The molecule has 3 rings (SSSR count). The number of aromatic amines is 1. The molecule has 0 bridgehead atoms. The number of carbonyl (C=O) groups excluding carboxylic acids is 1. The van der Waals surface area contributed by atoms with Gasteiger partial charge in [0.2, 0.25) is 0 Å². The molecule has 1 heterocycles. The van der Waals surface area contributed by atoms with Gasteiger partial charge in [-0.1, -0.05) is 59.6 Å². The van der Waals surface area contributed by atoms with Crippen LogP contribution in [-0.2, 0) is 6.42 Å². The average molecular weight is 340 g/mol. The maximum atomic E-state index is 12.2. The SMILES string of the molecule is Cc1cccc(CCNC(=O)c2cc(-c3ccccc3Cl)n[nH]2)c1. The number of halogens is 1. The van der Waals surface area contributed by atoms with Crippen molar-refractivity contribution in [1.82, 2.24) is 15.5 Å². The number of aromatic nitrogens is 2. The first-order chi connectivity index (χ1) is 11.6. The molecule has 1 amide bonds. The van der Waals surface area contributed by atoms with Gasteiger partial charge >= 0.3 is 0 Å². The predicted octanol–water partition coefficient (Wildman–Crippen LogP) is 4.01. The minimum absolute atomic E-state index is 0.173. The van der Waals surface area contributed by atoms with Crippen molar-refractivity contribution >= 4 is 17.5 Å². The summed E-state index contributed by atoms with van der Waals surface area (Å²) in [4.78, 5) is 12.2. The number of aryl methyl sites for hydroxylation is 1. The Morgan fingerprint density at radius 1 is 1.17 bits per heavy atom. The smallest absolute Gasteiger partial charge is 0.269 e. The molecule has 2 N–H and O–H groups in total.